The van der Waals surface area contributed by atoms with E-state index in [1.165, 1.54) is 0 Å². The van der Waals surface area contributed by atoms with Crippen LogP contribution in [-0.4, -0.2) is 31.4 Å². The highest BCUT2D eigenvalue weighted by molar-refractivity contribution is 5.21. The minimum atomic E-state index is -1.05. The summed E-state index contributed by atoms with van der Waals surface area (Å²) < 4.78 is 31.9. The summed E-state index contributed by atoms with van der Waals surface area (Å²) in [4.78, 5) is 0. The molecule has 1 unspecified atom stereocenters. The highest BCUT2D eigenvalue weighted by atomic mass is 19.1. The second-order valence-electron chi connectivity index (χ2n) is 5.74. The molecule has 0 bridgehead atoms. The normalized spacial score (nSPS) is 19.8. The molecule has 1 fully saturated rings. The minimum absolute atomic E-state index is 0.00497. The van der Waals surface area contributed by atoms with E-state index in [1.54, 1.807) is 0 Å². The third-order valence-electron chi connectivity index (χ3n) is 3.91. The third kappa shape index (κ3) is 3.98. The number of ether oxygens (including phenoxy) is 1. The molecule has 1 aromatic rings. The van der Waals surface area contributed by atoms with Gasteiger partial charge in [0, 0.05) is 31.9 Å². The van der Waals surface area contributed by atoms with Crippen LogP contribution in [0.3, 0.4) is 0 Å². The molecule has 5 heteroatoms. The number of benzene rings is 1. The first-order chi connectivity index (χ1) is 9.50. The van der Waals surface area contributed by atoms with E-state index in [-0.39, 0.29) is 17.5 Å². The second-order valence-corrected chi connectivity index (χ2v) is 5.74. The van der Waals surface area contributed by atoms with Crippen LogP contribution < -0.4 is 5.32 Å². The Labute approximate surface area is 117 Å². The van der Waals surface area contributed by atoms with Crippen LogP contribution in [0.1, 0.15) is 31.4 Å². The van der Waals surface area contributed by atoms with Crippen molar-refractivity contribution in [2.75, 3.05) is 26.3 Å². The molecule has 2 N–H and O–H groups in total. The average Bonchev–Trinajstić information content (AvgIpc) is 2.42. The largest absolute Gasteiger partial charge is 0.387 e. The third-order valence-corrected chi connectivity index (χ3v) is 3.91. The topological polar surface area (TPSA) is 41.5 Å². The first kappa shape index (κ1) is 15.4. The van der Waals surface area contributed by atoms with Crippen LogP contribution in [0.2, 0.25) is 0 Å². The minimum Gasteiger partial charge on any atom is -0.387 e. The first-order valence-corrected chi connectivity index (χ1v) is 6.92. The maximum atomic E-state index is 13.5. The monoisotopic (exact) mass is 285 g/mol. The summed E-state index contributed by atoms with van der Waals surface area (Å²) in [5, 5.41) is 13.1. The van der Waals surface area contributed by atoms with Crippen LogP contribution in [0.5, 0.6) is 0 Å². The van der Waals surface area contributed by atoms with Crippen molar-refractivity contribution in [2.45, 2.75) is 25.9 Å². The molecule has 2 rings (SSSR count). The van der Waals surface area contributed by atoms with Crippen molar-refractivity contribution in [3.05, 3.63) is 35.4 Å². The van der Waals surface area contributed by atoms with Gasteiger partial charge in [0.1, 0.15) is 11.6 Å². The van der Waals surface area contributed by atoms with Gasteiger partial charge in [-0.05, 0) is 36.5 Å². The summed E-state index contributed by atoms with van der Waals surface area (Å²) in [5.41, 5.74) is 0.132. The Bertz CT molecular complexity index is 447. The lowest BCUT2D eigenvalue weighted by atomic mass is 9.82. The lowest BCUT2D eigenvalue weighted by Gasteiger charge is -2.34. The van der Waals surface area contributed by atoms with Crippen LogP contribution in [-0.2, 0) is 4.74 Å². The van der Waals surface area contributed by atoms with E-state index < -0.39 is 17.7 Å². The Morgan fingerprint density at radius 3 is 2.75 bits per heavy atom. The smallest absolute Gasteiger partial charge is 0.129 e. The number of aliphatic hydroxyl groups excluding tert-OH is 1. The fraction of sp³-hybridized carbons (Fsp3) is 0.600. The number of rotatable bonds is 5. The summed E-state index contributed by atoms with van der Waals surface area (Å²) >= 11 is 0. The van der Waals surface area contributed by atoms with Gasteiger partial charge in [-0.25, -0.2) is 8.78 Å². The predicted octanol–water partition coefficient (Wildman–Crippen LogP) is 2.40. The van der Waals surface area contributed by atoms with Gasteiger partial charge in [0.15, 0.2) is 0 Å². The summed E-state index contributed by atoms with van der Waals surface area (Å²) in [5.74, 6) is -1.13. The average molecular weight is 285 g/mol. The molecule has 1 heterocycles. The van der Waals surface area contributed by atoms with Crippen molar-refractivity contribution < 1.29 is 18.6 Å². The molecule has 0 amide bonds. The Morgan fingerprint density at radius 2 is 2.05 bits per heavy atom. The zero-order valence-electron chi connectivity index (χ0n) is 11.7. The van der Waals surface area contributed by atoms with Gasteiger partial charge >= 0.3 is 0 Å². The summed E-state index contributed by atoms with van der Waals surface area (Å²) in [6, 6.07) is 3.12. The molecular formula is C15H21F2NO2. The van der Waals surface area contributed by atoms with Crippen molar-refractivity contribution >= 4 is 0 Å². The Hall–Kier alpha value is -1.04. The number of hydrogen-bond donors (Lipinski definition) is 2. The van der Waals surface area contributed by atoms with Crippen LogP contribution >= 0.6 is 0 Å². The van der Waals surface area contributed by atoms with E-state index in [1.807, 2.05) is 0 Å². The molecule has 1 aliphatic heterocycles. The molecule has 1 aromatic carbocycles. The zero-order chi connectivity index (χ0) is 14.6. The van der Waals surface area contributed by atoms with Gasteiger partial charge in [-0.3, -0.25) is 0 Å². The van der Waals surface area contributed by atoms with E-state index in [0.717, 1.165) is 50.8 Å². The van der Waals surface area contributed by atoms with Crippen LogP contribution in [0, 0.1) is 17.0 Å². The standard InChI is InChI=1S/C15H21F2NO2/c1-15(4-6-20-7-5-15)10-18-9-14(19)12-8-11(16)2-3-13(12)17/h2-3,8,14,18-19H,4-7,9-10H2,1H3. The molecule has 0 radical (unpaired) electrons. The summed E-state index contributed by atoms with van der Waals surface area (Å²) in [6.07, 6.45) is 0.878. The molecule has 20 heavy (non-hydrogen) atoms. The quantitative estimate of drug-likeness (QED) is 0.873. The lowest BCUT2D eigenvalue weighted by molar-refractivity contribution is 0.0226. The molecule has 0 aromatic heterocycles. The van der Waals surface area contributed by atoms with Gasteiger partial charge in [-0.1, -0.05) is 6.92 Å². The van der Waals surface area contributed by atoms with Crippen LogP contribution in [0.4, 0.5) is 8.78 Å². The molecular weight excluding hydrogens is 264 g/mol. The molecule has 1 aliphatic rings. The molecule has 3 nitrogen and oxygen atoms in total. The Balaban J connectivity index is 1.85. The van der Waals surface area contributed by atoms with Crippen molar-refractivity contribution in [3.8, 4) is 0 Å². The van der Waals surface area contributed by atoms with E-state index in [0.29, 0.717) is 0 Å². The Morgan fingerprint density at radius 1 is 1.35 bits per heavy atom. The van der Waals surface area contributed by atoms with E-state index >= 15 is 0 Å². The van der Waals surface area contributed by atoms with Gasteiger partial charge in [0.2, 0.25) is 0 Å². The number of aliphatic hydroxyl groups is 1. The van der Waals surface area contributed by atoms with E-state index in [9.17, 15) is 13.9 Å². The molecule has 1 atom stereocenters. The molecule has 112 valence electrons. The predicted molar refractivity (Wildman–Crippen MR) is 72.3 cm³/mol. The fourth-order valence-electron chi connectivity index (χ4n) is 2.43. The number of hydrogen-bond acceptors (Lipinski definition) is 3. The van der Waals surface area contributed by atoms with Crippen molar-refractivity contribution in [3.63, 3.8) is 0 Å². The molecule has 1 saturated heterocycles. The molecule has 0 aliphatic carbocycles. The maximum absolute atomic E-state index is 13.5. The molecule has 0 saturated carbocycles. The maximum Gasteiger partial charge on any atom is 0.129 e. The lowest BCUT2D eigenvalue weighted by Crippen LogP contribution is -2.38. The van der Waals surface area contributed by atoms with E-state index in [4.69, 9.17) is 4.74 Å². The van der Waals surface area contributed by atoms with Gasteiger partial charge in [0.25, 0.3) is 0 Å². The Kier molecular flexibility index (Phi) is 5.07. The fourth-order valence-corrected chi connectivity index (χ4v) is 2.43. The van der Waals surface area contributed by atoms with E-state index in [2.05, 4.69) is 12.2 Å². The van der Waals surface area contributed by atoms with Gasteiger partial charge in [-0.15, -0.1) is 0 Å². The number of nitrogens with one attached hydrogen (secondary N) is 1. The highest BCUT2D eigenvalue weighted by Gasteiger charge is 2.27. The first-order valence-electron chi connectivity index (χ1n) is 6.92. The van der Waals surface area contributed by atoms with Gasteiger partial charge in [-0.2, -0.15) is 0 Å². The van der Waals surface area contributed by atoms with Crippen LogP contribution in [0.15, 0.2) is 18.2 Å². The van der Waals surface area contributed by atoms with Crippen molar-refractivity contribution in [1.29, 1.82) is 0 Å². The summed E-state index contributed by atoms with van der Waals surface area (Å²) in [6.45, 7) is 4.59. The van der Waals surface area contributed by atoms with Crippen molar-refractivity contribution in [1.82, 2.24) is 5.32 Å². The highest BCUT2D eigenvalue weighted by Crippen LogP contribution is 2.28. The molecule has 0 spiro atoms. The van der Waals surface area contributed by atoms with Gasteiger partial charge in [0.05, 0.1) is 6.10 Å². The van der Waals surface area contributed by atoms with Crippen LogP contribution in [0.25, 0.3) is 0 Å². The summed E-state index contributed by atoms with van der Waals surface area (Å²) in [7, 11) is 0. The SMILES string of the molecule is CC1(CNCC(O)c2cc(F)ccc2F)CCOCC1. The number of halogens is 2. The zero-order valence-corrected chi connectivity index (χ0v) is 11.7. The van der Waals surface area contributed by atoms with Crippen molar-refractivity contribution in [2.24, 2.45) is 5.41 Å². The second kappa shape index (κ2) is 6.61. The van der Waals surface area contributed by atoms with Gasteiger partial charge < -0.3 is 15.2 Å².